The highest BCUT2D eigenvalue weighted by Gasteiger charge is 2.16. The lowest BCUT2D eigenvalue weighted by Gasteiger charge is -2.18. The van der Waals surface area contributed by atoms with E-state index in [0.717, 1.165) is 18.4 Å². The van der Waals surface area contributed by atoms with Crippen LogP contribution >= 0.6 is 0 Å². The zero-order valence-corrected chi connectivity index (χ0v) is 15.6. The summed E-state index contributed by atoms with van der Waals surface area (Å²) >= 11 is 0. The third-order valence-electron chi connectivity index (χ3n) is 4.66. The molecule has 1 amide bonds. The van der Waals surface area contributed by atoms with Crippen LogP contribution < -0.4 is 5.32 Å². The van der Waals surface area contributed by atoms with E-state index in [1.165, 1.54) is 10.2 Å². The zero-order chi connectivity index (χ0) is 19.1. The fraction of sp³-hybridized carbons (Fsp3) is 0.450. The minimum Gasteiger partial charge on any atom is -0.481 e. The molecule has 2 N–H and O–H groups in total. The van der Waals surface area contributed by atoms with E-state index in [1.807, 2.05) is 6.92 Å². The number of nitrogens with zero attached hydrogens (tertiary/aromatic N) is 2. The van der Waals surface area contributed by atoms with Crippen molar-refractivity contribution >= 4 is 11.9 Å². The van der Waals surface area contributed by atoms with Gasteiger partial charge in [0.2, 0.25) is 0 Å². The molecule has 1 aromatic carbocycles. The smallest absolute Gasteiger partial charge is 0.305 e. The lowest BCUT2D eigenvalue weighted by molar-refractivity contribution is -0.137. The molecule has 0 saturated heterocycles. The lowest BCUT2D eigenvalue weighted by atomic mass is 9.95. The first-order valence-corrected chi connectivity index (χ1v) is 9.10. The van der Waals surface area contributed by atoms with Crippen molar-refractivity contribution < 1.29 is 14.7 Å². The monoisotopic (exact) mass is 357 g/mol. The van der Waals surface area contributed by atoms with Gasteiger partial charge in [-0.15, -0.1) is 0 Å². The summed E-state index contributed by atoms with van der Waals surface area (Å²) in [5.41, 5.74) is 2.66. The van der Waals surface area contributed by atoms with Crippen molar-refractivity contribution in [3.63, 3.8) is 0 Å². The Morgan fingerprint density at radius 2 is 1.77 bits per heavy atom. The zero-order valence-electron chi connectivity index (χ0n) is 15.6. The number of carbonyl (C=O) groups is 2. The van der Waals surface area contributed by atoms with E-state index in [1.54, 1.807) is 12.3 Å². The molecule has 2 rings (SSSR count). The molecular weight excluding hydrogens is 330 g/mol. The predicted molar refractivity (Wildman–Crippen MR) is 100 cm³/mol. The number of carboxylic acid groups (broad SMARTS) is 1. The maximum Gasteiger partial charge on any atom is 0.305 e. The van der Waals surface area contributed by atoms with Crippen LogP contribution in [0, 0.1) is 0 Å². The van der Waals surface area contributed by atoms with Crippen LogP contribution in [0.15, 0.2) is 36.5 Å². The highest BCUT2D eigenvalue weighted by molar-refractivity contribution is 5.92. The Bertz CT molecular complexity index is 737. The normalized spacial score (nSPS) is 13.2. The summed E-state index contributed by atoms with van der Waals surface area (Å²) in [6.45, 7) is 6.65. The van der Waals surface area contributed by atoms with Crippen LogP contribution in [-0.4, -0.2) is 26.8 Å². The molecule has 0 spiro atoms. The molecule has 0 radical (unpaired) electrons. The number of aliphatic carboxylic acids is 1. The van der Waals surface area contributed by atoms with E-state index in [0.29, 0.717) is 11.6 Å². The van der Waals surface area contributed by atoms with Crippen LogP contribution in [0.4, 0.5) is 0 Å². The van der Waals surface area contributed by atoms with Crippen molar-refractivity contribution in [2.45, 2.75) is 58.5 Å². The van der Waals surface area contributed by atoms with Crippen LogP contribution in [0.3, 0.4) is 0 Å². The molecule has 0 aliphatic rings. The highest BCUT2D eigenvalue weighted by Crippen LogP contribution is 2.23. The Kier molecular flexibility index (Phi) is 6.95. The van der Waals surface area contributed by atoms with Crippen molar-refractivity contribution in [3.8, 4) is 0 Å². The van der Waals surface area contributed by atoms with E-state index in [4.69, 9.17) is 5.11 Å². The first-order valence-electron chi connectivity index (χ1n) is 9.10. The maximum atomic E-state index is 12.5. The predicted octanol–water partition coefficient (Wildman–Crippen LogP) is 3.75. The third-order valence-corrected chi connectivity index (χ3v) is 4.66. The number of rotatable bonds is 9. The number of hydrogen-bond acceptors (Lipinski definition) is 3. The van der Waals surface area contributed by atoms with E-state index < -0.39 is 5.97 Å². The van der Waals surface area contributed by atoms with Crippen LogP contribution in [0.1, 0.15) is 73.6 Å². The number of aryl methyl sites for hydroxylation is 1. The second kappa shape index (κ2) is 9.17. The van der Waals surface area contributed by atoms with E-state index in [-0.39, 0.29) is 24.9 Å². The van der Waals surface area contributed by atoms with Crippen molar-refractivity contribution in [2.24, 2.45) is 0 Å². The van der Waals surface area contributed by atoms with Gasteiger partial charge in [0.05, 0.1) is 19.0 Å². The van der Waals surface area contributed by atoms with Crippen LogP contribution in [0.5, 0.6) is 0 Å². The van der Waals surface area contributed by atoms with Gasteiger partial charge in [-0.2, -0.15) is 5.10 Å². The molecule has 0 fully saturated rings. The largest absolute Gasteiger partial charge is 0.481 e. The Morgan fingerprint density at radius 3 is 2.35 bits per heavy atom. The average Bonchev–Trinajstić information content (AvgIpc) is 3.13. The molecule has 140 valence electrons. The molecule has 0 aliphatic heterocycles. The number of nitrogens with one attached hydrogen (secondary N) is 1. The van der Waals surface area contributed by atoms with Crippen LogP contribution in [-0.2, 0) is 11.3 Å². The number of carboxylic acids is 1. The van der Waals surface area contributed by atoms with Gasteiger partial charge < -0.3 is 10.4 Å². The Labute approximate surface area is 154 Å². The molecule has 1 aromatic heterocycles. The van der Waals surface area contributed by atoms with Gasteiger partial charge in [-0.05, 0) is 36.0 Å². The molecule has 2 atom stereocenters. The SMILES string of the molecule is CCC(C)c1ccc(C(CC)NC(=O)c2ccn(CCC(=O)O)n2)cc1. The quantitative estimate of drug-likeness (QED) is 0.716. The topological polar surface area (TPSA) is 84.2 Å². The van der Waals surface area contributed by atoms with Gasteiger partial charge in [0, 0.05) is 6.20 Å². The molecule has 6 heteroatoms. The van der Waals surface area contributed by atoms with Crippen LogP contribution in [0.2, 0.25) is 0 Å². The second-order valence-corrected chi connectivity index (χ2v) is 6.52. The molecular formula is C20H27N3O3. The van der Waals surface area contributed by atoms with Gasteiger partial charge >= 0.3 is 5.97 Å². The minimum atomic E-state index is -0.890. The average molecular weight is 357 g/mol. The molecule has 2 unspecified atom stereocenters. The first kappa shape index (κ1) is 19.7. The van der Waals surface area contributed by atoms with Crippen molar-refractivity contribution in [1.29, 1.82) is 0 Å². The Hall–Kier alpha value is -2.63. The number of aromatic nitrogens is 2. The summed E-state index contributed by atoms with van der Waals surface area (Å²) in [7, 11) is 0. The fourth-order valence-electron chi connectivity index (χ4n) is 2.76. The fourth-order valence-corrected chi connectivity index (χ4v) is 2.76. The van der Waals surface area contributed by atoms with Gasteiger partial charge in [0.25, 0.3) is 5.91 Å². The number of benzene rings is 1. The number of hydrogen-bond donors (Lipinski definition) is 2. The second-order valence-electron chi connectivity index (χ2n) is 6.52. The molecule has 2 aromatic rings. The van der Waals surface area contributed by atoms with Crippen molar-refractivity contribution in [3.05, 3.63) is 53.3 Å². The highest BCUT2D eigenvalue weighted by atomic mass is 16.4. The number of amides is 1. The summed E-state index contributed by atoms with van der Waals surface area (Å²) in [5, 5.41) is 15.9. The summed E-state index contributed by atoms with van der Waals surface area (Å²) in [6.07, 6.45) is 3.47. The first-order chi connectivity index (χ1) is 12.4. The van der Waals surface area contributed by atoms with Gasteiger partial charge in [0.15, 0.2) is 0 Å². The van der Waals surface area contributed by atoms with Gasteiger partial charge in [-0.1, -0.05) is 45.0 Å². The third kappa shape index (κ3) is 5.18. The van der Waals surface area contributed by atoms with Crippen molar-refractivity contribution in [2.75, 3.05) is 0 Å². The molecule has 0 aliphatic carbocycles. The molecule has 0 bridgehead atoms. The molecule has 0 saturated carbocycles. The van der Waals surface area contributed by atoms with Gasteiger partial charge in [-0.3, -0.25) is 14.3 Å². The minimum absolute atomic E-state index is 0.0249. The summed E-state index contributed by atoms with van der Waals surface area (Å²) in [6, 6.07) is 9.91. The maximum absolute atomic E-state index is 12.5. The van der Waals surface area contributed by atoms with Crippen LogP contribution in [0.25, 0.3) is 0 Å². The molecule has 1 heterocycles. The lowest BCUT2D eigenvalue weighted by Crippen LogP contribution is -2.28. The molecule has 26 heavy (non-hydrogen) atoms. The van der Waals surface area contributed by atoms with E-state index in [2.05, 4.69) is 48.5 Å². The number of carbonyl (C=O) groups excluding carboxylic acids is 1. The summed E-state index contributed by atoms with van der Waals surface area (Å²) in [4.78, 5) is 23.1. The Balaban J connectivity index is 2.02. The molecule has 6 nitrogen and oxygen atoms in total. The summed E-state index contributed by atoms with van der Waals surface area (Å²) in [5.74, 6) is -0.621. The summed E-state index contributed by atoms with van der Waals surface area (Å²) < 4.78 is 1.48. The Morgan fingerprint density at radius 1 is 1.12 bits per heavy atom. The van der Waals surface area contributed by atoms with Gasteiger partial charge in [0.1, 0.15) is 5.69 Å². The van der Waals surface area contributed by atoms with Crippen molar-refractivity contribution in [1.82, 2.24) is 15.1 Å². The standard InChI is InChI=1S/C20H27N3O3/c1-4-14(3)15-6-8-16(9-7-15)17(5-2)21-20(26)18-10-12-23(22-18)13-11-19(24)25/h6-10,12,14,17H,4-5,11,13H2,1-3H3,(H,21,26)(H,24,25). The van der Waals surface area contributed by atoms with E-state index >= 15 is 0 Å². The van der Waals surface area contributed by atoms with Gasteiger partial charge in [-0.25, -0.2) is 0 Å². The van der Waals surface area contributed by atoms with E-state index in [9.17, 15) is 9.59 Å².